The summed E-state index contributed by atoms with van der Waals surface area (Å²) in [6, 6.07) is 14.2. The maximum absolute atomic E-state index is 13.0. The Hall–Kier alpha value is -2.51. The van der Waals surface area contributed by atoms with Crippen LogP contribution in [-0.4, -0.2) is 41.0 Å². The molecule has 0 aromatic heterocycles. The molecule has 0 aliphatic carbocycles. The molecule has 0 saturated heterocycles. The average Bonchev–Trinajstić information content (AvgIpc) is 2.65. The summed E-state index contributed by atoms with van der Waals surface area (Å²) < 4.78 is 29.6. The zero-order valence-electron chi connectivity index (χ0n) is 19.1. The molecule has 0 spiro atoms. The van der Waals surface area contributed by atoms with Crippen molar-refractivity contribution < 1.29 is 22.7 Å². The Kier molecular flexibility index (Phi) is 8.14. The van der Waals surface area contributed by atoms with Crippen molar-refractivity contribution in [2.75, 3.05) is 7.11 Å². The second-order valence-corrected chi connectivity index (χ2v) is 10.4. The minimum Gasteiger partial charge on any atom is -0.444 e. The van der Waals surface area contributed by atoms with Crippen LogP contribution in [0.2, 0.25) is 0 Å². The van der Waals surface area contributed by atoms with Gasteiger partial charge in [0.25, 0.3) is 0 Å². The van der Waals surface area contributed by atoms with Crippen LogP contribution >= 0.6 is 0 Å². The van der Waals surface area contributed by atoms with Gasteiger partial charge in [-0.3, -0.25) is 0 Å². The Balaban J connectivity index is 2.16. The second kappa shape index (κ2) is 10.2. The van der Waals surface area contributed by atoms with Crippen LogP contribution in [0, 0.1) is 6.92 Å². The van der Waals surface area contributed by atoms with Crippen LogP contribution in [0.5, 0.6) is 5.75 Å². The fourth-order valence-electron chi connectivity index (χ4n) is 2.88. The van der Waals surface area contributed by atoms with Gasteiger partial charge >= 0.3 is 6.09 Å². The molecule has 7 heteroatoms. The summed E-state index contributed by atoms with van der Waals surface area (Å²) in [4.78, 5) is 12.8. The van der Waals surface area contributed by atoms with Gasteiger partial charge in [0.2, 0.25) is 0 Å². The van der Waals surface area contributed by atoms with Crippen LogP contribution in [0.25, 0.3) is 0 Å². The van der Waals surface area contributed by atoms with Crippen molar-refractivity contribution in [3.05, 3.63) is 59.7 Å². The minimum atomic E-state index is -2.95. The van der Waals surface area contributed by atoms with Crippen molar-refractivity contribution in [1.82, 2.24) is 5.32 Å². The fourth-order valence-corrected chi connectivity index (χ4v) is 3.95. The molecule has 170 valence electrons. The molecule has 1 amide bonds. The fraction of sp³-hybridized carbons (Fsp3) is 0.417. The Morgan fingerprint density at radius 3 is 2.39 bits per heavy atom. The molecule has 0 saturated carbocycles. The van der Waals surface area contributed by atoms with E-state index in [1.165, 1.54) is 0 Å². The molecular formula is C24H33NO5S. The van der Waals surface area contributed by atoms with E-state index in [1.807, 2.05) is 58.9 Å². The van der Waals surface area contributed by atoms with Gasteiger partial charge in [0.1, 0.15) is 21.2 Å². The predicted molar refractivity (Wildman–Crippen MR) is 125 cm³/mol. The number of benzene rings is 2. The van der Waals surface area contributed by atoms with Gasteiger partial charge in [-0.2, -0.15) is 0 Å². The Bertz CT molecular complexity index is 978. The molecule has 3 unspecified atom stereocenters. The van der Waals surface area contributed by atoms with Crippen molar-refractivity contribution in [1.29, 1.82) is 0 Å². The molecule has 2 aromatic rings. The highest BCUT2D eigenvalue weighted by Gasteiger charge is 2.24. The van der Waals surface area contributed by atoms with E-state index in [0.717, 1.165) is 11.1 Å². The number of nitrogens with one attached hydrogen (secondary N) is 1. The van der Waals surface area contributed by atoms with Gasteiger partial charge in [-0.1, -0.05) is 29.8 Å². The lowest BCUT2D eigenvalue weighted by Gasteiger charge is -2.27. The third kappa shape index (κ3) is 7.92. The summed E-state index contributed by atoms with van der Waals surface area (Å²) in [5, 5.41) is 2.88. The summed E-state index contributed by atoms with van der Waals surface area (Å²) >= 11 is 0. The van der Waals surface area contributed by atoms with Crippen LogP contribution in [0.15, 0.2) is 53.4 Å². The van der Waals surface area contributed by atoms with E-state index < -0.39 is 21.5 Å². The van der Waals surface area contributed by atoms with Crippen LogP contribution < -0.4 is 9.50 Å². The number of carbonyl (C=O) groups excluding carboxylic acids is 1. The number of rotatable bonds is 8. The first-order chi connectivity index (χ1) is 14.4. The summed E-state index contributed by atoms with van der Waals surface area (Å²) in [5.74, 6) is 4.23. The standard InChI is InChI=1S/C24H33NO5S/c1-17-11-13-21(14-12-17)31(7,27)30-20-10-8-9-19(15-20)16-22(18(2)28-6)25-23(26)29-24(3,4)5/h8-15,18,22H,7,16H2,1-6H3,(H,25,26). The summed E-state index contributed by atoms with van der Waals surface area (Å²) in [6.07, 6.45) is -0.274. The zero-order chi connectivity index (χ0) is 23.2. The predicted octanol–water partition coefficient (Wildman–Crippen LogP) is 4.54. The van der Waals surface area contributed by atoms with E-state index in [-0.39, 0.29) is 12.1 Å². The van der Waals surface area contributed by atoms with Gasteiger partial charge in [-0.05, 0) is 76.7 Å². The van der Waals surface area contributed by atoms with Crippen molar-refractivity contribution >= 4 is 21.8 Å². The number of carbonyl (C=O) groups is 1. The largest absolute Gasteiger partial charge is 0.444 e. The Morgan fingerprint density at radius 2 is 1.81 bits per heavy atom. The Labute approximate surface area is 186 Å². The molecule has 0 radical (unpaired) electrons. The van der Waals surface area contributed by atoms with Crippen LogP contribution in [-0.2, 0) is 25.7 Å². The minimum absolute atomic E-state index is 0.248. The van der Waals surface area contributed by atoms with Crippen LogP contribution in [0.4, 0.5) is 4.79 Å². The third-order valence-electron chi connectivity index (χ3n) is 4.61. The topological polar surface area (TPSA) is 73.9 Å². The maximum Gasteiger partial charge on any atom is 0.407 e. The van der Waals surface area contributed by atoms with Crippen LogP contribution in [0.3, 0.4) is 0 Å². The maximum atomic E-state index is 13.0. The molecule has 2 aromatic carbocycles. The van der Waals surface area contributed by atoms with Crippen molar-refractivity contribution in [3.8, 4) is 5.75 Å². The van der Waals surface area contributed by atoms with E-state index >= 15 is 0 Å². The van der Waals surface area contributed by atoms with Gasteiger partial charge in [-0.25, -0.2) is 9.00 Å². The molecule has 0 bridgehead atoms. The number of amides is 1. The monoisotopic (exact) mass is 447 g/mol. The number of hydrogen-bond acceptors (Lipinski definition) is 5. The number of hydrogen-bond donors (Lipinski definition) is 1. The van der Waals surface area contributed by atoms with E-state index in [2.05, 4.69) is 11.2 Å². The molecule has 31 heavy (non-hydrogen) atoms. The number of ether oxygens (including phenoxy) is 2. The molecule has 2 rings (SSSR count). The van der Waals surface area contributed by atoms with Crippen molar-refractivity contribution in [2.45, 2.75) is 63.7 Å². The smallest absolute Gasteiger partial charge is 0.407 e. The SMILES string of the molecule is C=S(=O)(Oc1cccc(CC(NC(=O)OC(C)(C)C)C(C)OC)c1)c1ccc(C)cc1. The third-order valence-corrected chi connectivity index (χ3v) is 6.06. The van der Waals surface area contributed by atoms with Gasteiger partial charge < -0.3 is 19.0 Å². The van der Waals surface area contributed by atoms with E-state index in [0.29, 0.717) is 17.1 Å². The summed E-state index contributed by atoms with van der Waals surface area (Å²) in [7, 11) is -1.36. The average molecular weight is 448 g/mol. The summed E-state index contributed by atoms with van der Waals surface area (Å²) in [6.45, 7) is 9.27. The van der Waals surface area contributed by atoms with Crippen molar-refractivity contribution in [3.63, 3.8) is 0 Å². The lowest BCUT2D eigenvalue weighted by atomic mass is 10.0. The summed E-state index contributed by atoms with van der Waals surface area (Å²) in [5.41, 5.74) is 1.36. The quantitative estimate of drug-likeness (QED) is 0.602. The first-order valence-electron chi connectivity index (χ1n) is 10.1. The molecule has 0 fully saturated rings. The van der Waals surface area contributed by atoms with Gasteiger partial charge in [0, 0.05) is 7.11 Å². The lowest BCUT2D eigenvalue weighted by molar-refractivity contribution is 0.0373. The first-order valence-corrected chi connectivity index (χ1v) is 11.8. The second-order valence-electron chi connectivity index (χ2n) is 8.56. The number of methoxy groups -OCH3 is 1. The van der Waals surface area contributed by atoms with Gasteiger partial charge in [0.05, 0.1) is 17.0 Å². The number of aryl methyl sites for hydroxylation is 1. The molecule has 0 aliphatic rings. The van der Waals surface area contributed by atoms with Gasteiger partial charge in [-0.15, -0.1) is 0 Å². The molecular weight excluding hydrogens is 414 g/mol. The van der Waals surface area contributed by atoms with E-state index in [4.69, 9.17) is 13.7 Å². The molecule has 0 aliphatic heterocycles. The van der Waals surface area contributed by atoms with Gasteiger partial charge in [0.15, 0.2) is 0 Å². The lowest BCUT2D eigenvalue weighted by Crippen LogP contribution is -2.46. The highest BCUT2D eigenvalue weighted by molar-refractivity contribution is 7.96. The highest BCUT2D eigenvalue weighted by atomic mass is 32.2. The Morgan fingerprint density at radius 1 is 1.16 bits per heavy atom. The van der Waals surface area contributed by atoms with E-state index in [9.17, 15) is 9.00 Å². The normalized spacial score (nSPS) is 15.4. The van der Waals surface area contributed by atoms with Crippen molar-refractivity contribution in [2.24, 2.45) is 0 Å². The highest BCUT2D eigenvalue weighted by Crippen LogP contribution is 2.21. The van der Waals surface area contributed by atoms with E-state index in [1.54, 1.807) is 31.4 Å². The number of alkyl carbamates (subject to hydrolysis) is 1. The molecule has 3 atom stereocenters. The van der Waals surface area contributed by atoms with Crippen LogP contribution in [0.1, 0.15) is 38.8 Å². The zero-order valence-corrected chi connectivity index (χ0v) is 20.0. The molecule has 1 N–H and O–H groups in total. The first kappa shape index (κ1) is 24.8. The molecule has 6 nitrogen and oxygen atoms in total. The molecule has 0 heterocycles.